The van der Waals surface area contributed by atoms with Gasteiger partial charge in [0.15, 0.2) is 5.82 Å². The van der Waals surface area contributed by atoms with Gasteiger partial charge >= 0.3 is 0 Å². The fraction of sp³-hybridized carbons (Fsp3) is 0.350. The minimum absolute atomic E-state index is 0.144. The van der Waals surface area contributed by atoms with Gasteiger partial charge in [0.25, 0.3) is 0 Å². The third kappa shape index (κ3) is 2.42. The van der Waals surface area contributed by atoms with Crippen molar-refractivity contribution in [2.75, 3.05) is 11.4 Å². The minimum Gasteiger partial charge on any atom is -0.360 e. The molecule has 27 heavy (non-hydrogen) atoms. The molecule has 2 saturated heterocycles. The number of aryl methyl sites for hydroxylation is 1. The van der Waals surface area contributed by atoms with E-state index in [2.05, 4.69) is 10.5 Å². The van der Waals surface area contributed by atoms with E-state index in [1.165, 1.54) is 0 Å². The number of rotatable bonds is 4. The van der Waals surface area contributed by atoms with Crippen LogP contribution in [0.25, 0.3) is 0 Å². The van der Waals surface area contributed by atoms with Gasteiger partial charge in [0, 0.05) is 12.6 Å². The topological polar surface area (TPSA) is 84.7 Å². The van der Waals surface area contributed by atoms with Gasteiger partial charge in [-0.3, -0.25) is 14.5 Å². The van der Waals surface area contributed by atoms with Gasteiger partial charge in [-0.2, -0.15) is 0 Å². The second kappa shape index (κ2) is 5.79. The van der Waals surface area contributed by atoms with Crippen molar-refractivity contribution >= 4 is 17.6 Å². The first-order valence-corrected chi connectivity index (χ1v) is 9.01. The van der Waals surface area contributed by atoms with Crippen LogP contribution in [0.4, 0.5) is 5.82 Å². The average Bonchev–Trinajstić information content (AvgIpc) is 3.42. The Morgan fingerprint density at radius 3 is 2.93 bits per heavy atom. The molecule has 1 aromatic carbocycles. The number of nitrogens with zero attached hydrogens (tertiary/aromatic N) is 2. The average molecular weight is 365 g/mol. The van der Waals surface area contributed by atoms with E-state index in [9.17, 15) is 9.59 Å². The zero-order chi connectivity index (χ0) is 18.6. The number of fused-ring (bicyclic) bond motifs is 1. The van der Waals surface area contributed by atoms with Crippen molar-refractivity contribution in [1.29, 1.82) is 0 Å². The van der Waals surface area contributed by atoms with Crippen molar-refractivity contribution in [3.05, 3.63) is 59.9 Å². The maximum absolute atomic E-state index is 13.1. The van der Waals surface area contributed by atoms with Crippen LogP contribution in [0.5, 0.6) is 0 Å². The molecule has 2 bridgehead atoms. The zero-order valence-corrected chi connectivity index (χ0v) is 14.8. The molecule has 0 aliphatic carbocycles. The highest BCUT2D eigenvalue weighted by Crippen LogP contribution is 2.52. The maximum Gasteiger partial charge on any atom is 0.235 e. The van der Waals surface area contributed by atoms with E-state index < -0.39 is 17.4 Å². The molecule has 0 unspecified atom stereocenters. The van der Waals surface area contributed by atoms with E-state index in [-0.39, 0.29) is 17.9 Å². The summed E-state index contributed by atoms with van der Waals surface area (Å²) in [5.41, 5.74) is 0.251. The molecule has 5 rings (SSSR count). The first-order valence-electron chi connectivity index (χ1n) is 9.01. The van der Waals surface area contributed by atoms with Crippen LogP contribution in [0, 0.1) is 18.8 Å². The maximum atomic E-state index is 13.1. The number of hydrogen-bond acceptors (Lipinski definition) is 5. The summed E-state index contributed by atoms with van der Waals surface area (Å²) in [6.07, 6.45) is 3.46. The van der Waals surface area contributed by atoms with E-state index in [1.807, 2.05) is 42.5 Å². The molecule has 3 aliphatic rings. The number of nitrogens with one attached hydrogen (secondary N) is 1. The van der Waals surface area contributed by atoms with E-state index in [0.717, 1.165) is 5.56 Å². The Labute approximate surface area is 156 Å². The summed E-state index contributed by atoms with van der Waals surface area (Å²) in [5, 5.41) is 6.91. The largest absolute Gasteiger partial charge is 0.360 e. The van der Waals surface area contributed by atoms with Crippen molar-refractivity contribution in [3.63, 3.8) is 0 Å². The number of carbonyl (C=O) groups excluding carboxylic acids is 2. The van der Waals surface area contributed by atoms with Crippen molar-refractivity contribution < 1.29 is 18.8 Å². The van der Waals surface area contributed by atoms with Gasteiger partial charge in [0.05, 0.1) is 24.5 Å². The summed E-state index contributed by atoms with van der Waals surface area (Å²) >= 11 is 0. The highest BCUT2D eigenvalue weighted by atomic mass is 16.5. The van der Waals surface area contributed by atoms with Crippen LogP contribution >= 0.6 is 0 Å². The predicted octanol–water partition coefficient (Wildman–Crippen LogP) is 1.59. The molecule has 2 aromatic rings. The van der Waals surface area contributed by atoms with Gasteiger partial charge < -0.3 is 14.6 Å². The second-order valence-corrected chi connectivity index (χ2v) is 7.32. The first kappa shape index (κ1) is 16.3. The van der Waals surface area contributed by atoms with Crippen LogP contribution in [-0.4, -0.2) is 35.2 Å². The third-order valence-electron chi connectivity index (χ3n) is 5.60. The number of carbonyl (C=O) groups is 2. The Balaban J connectivity index is 1.38. The van der Waals surface area contributed by atoms with E-state index in [0.29, 0.717) is 24.7 Å². The van der Waals surface area contributed by atoms with E-state index in [4.69, 9.17) is 9.26 Å². The third-order valence-corrected chi connectivity index (χ3v) is 5.60. The fourth-order valence-electron chi connectivity index (χ4n) is 4.37. The summed E-state index contributed by atoms with van der Waals surface area (Å²) in [6, 6.07) is 11.4. The summed E-state index contributed by atoms with van der Waals surface area (Å²) in [7, 11) is 0. The second-order valence-electron chi connectivity index (χ2n) is 7.32. The van der Waals surface area contributed by atoms with Gasteiger partial charge in [0.1, 0.15) is 11.4 Å². The molecule has 138 valence electrons. The Morgan fingerprint density at radius 2 is 2.19 bits per heavy atom. The minimum atomic E-state index is -0.761. The quantitative estimate of drug-likeness (QED) is 0.832. The standard InChI is InChI=1S/C20H19N3O4/c1-12-9-15(22-27-12)23-11-20-8-7-14(26-20)16(17(20)19(23)25)18(24)21-10-13-5-3-2-4-6-13/h2-9,14,16-17H,10-11H2,1H3,(H,21,24)/t14-,16-,17+,20-/m1/s1. The van der Waals surface area contributed by atoms with Crippen molar-refractivity contribution in [2.45, 2.75) is 25.2 Å². The fourth-order valence-corrected chi connectivity index (χ4v) is 4.37. The Hall–Kier alpha value is -2.93. The van der Waals surface area contributed by atoms with E-state index >= 15 is 0 Å². The zero-order valence-electron chi connectivity index (χ0n) is 14.8. The van der Waals surface area contributed by atoms with Crippen molar-refractivity contribution in [1.82, 2.24) is 10.5 Å². The summed E-state index contributed by atoms with van der Waals surface area (Å²) in [5.74, 6) is -0.290. The van der Waals surface area contributed by atoms with Crippen LogP contribution in [0.1, 0.15) is 11.3 Å². The normalized spacial score (nSPS) is 30.8. The highest BCUT2D eigenvalue weighted by Gasteiger charge is 2.67. The number of amides is 2. The lowest BCUT2D eigenvalue weighted by Gasteiger charge is -2.23. The summed E-state index contributed by atoms with van der Waals surface area (Å²) < 4.78 is 11.2. The number of hydrogen-bond donors (Lipinski definition) is 1. The van der Waals surface area contributed by atoms with Crippen LogP contribution in [0.3, 0.4) is 0 Å². The number of benzene rings is 1. The molecule has 1 spiro atoms. The molecule has 7 heteroatoms. The molecule has 2 amide bonds. The molecule has 0 saturated carbocycles. The number of ether oxygens (including phenoxy) is 1. The van der Waals surface area contributed by atoms with Gasteiger partial charge in [0.2, 0.25) is 11.8 Å². The molecule has 0 radical (unpaired) electrons. The SMILES string of the molecule is Cc1cc(N2C[C@@]34C=C[C@@H](O3)[C@@H](C(=O)NCc3ccccc3)[C@H]4C2=O)no1. The lowest BCUT2D eigenvalue weighted by Crippen LogP contribution is -2.44. The lowest BCUT2D eigenvalue weighted by atomic mass is 9.77. The number of anilines is 1. The Kier molecular flexibility index (Phi) is 3.48. The van der Waals surface area contributed by atoms with Gasteiger partial charge in [-0.15, -0.1) is 0 Å². The lowest BCUT2D eigenvalue weighted by molar-refractivity contribution is -0.132. The number of aromatic nitrogens is 1. The van der Waals surface area contributed by atoms with E-state index in [1.54, 1.807) is 17.9 Å². The Bertz CT molecular complexity index is 938. The smallest absolute Gasteiger partial charge is 0.235 e. The predicted molar refractivity (Wildman–Crippen MR) is 95.6 cm³/mol. The molecule has 3 aliphatic heterocycles. The molecule has 4 atom stereocenters. The molecule has 4 heterocycles. The van der Waals surface area contributed by atoms with Gasteiger partial charge in [-0.05, 0) is 12.5 Å². The summed E-state index contributed by atoms with van der Waals surface area (Å²) in [6.45, 7) is 2.54. The van der Waals surface area contributed by atoms with Crippen molar-refractivity contribution in [3.8, 4) is 0 Å². The van der Waals surface area contributed by atoms with Crippen LogP contribution in [-0.2, 0) is 20.9 Å². The first-order chi connectivity index (χ1) is 13.1. The van der Waals surface area contributed by atoms with Crippen LogP contribution < -0.4 is 10.2 Å². The molecule has 1 aromatic heterocycles. The monoisotopic (exact) mass is 365 g/mol. The van der Waals surface area contributed by atoms with Gasteiger partial charge in [-0.25, -0.2) is 0 Å². The van der Waals surface area contributed by atoms with Crippen molar-refractivity contribution in [2.24, 2.45) is 11.8 Å². The molecular formula is C20H19N3O4. The highest BCUT2D eigenvalue weighted by molar-refractivity contribution is 6.02. The molecular weight excluding hydrogens is 346 g/mol. The van der Waals surface area contributed by atoms with Crippen LogP contribution in [0.15, 0.2) is 53.1 Å². The molecule has 2 fully saturated rings. The van der Waals surface area contributed by atoms with Gasteiger partial charge in [-0.1, -0.05) is 47.6 Å². The Morgan fingerprint density at radius 1 is 1.37 bits per heavy atom. The molecule has 1 N–H and O–H groups in total. The summed E-state index contributed by atoms with van der Waals surface area (Å²) in [4.78, 5) is 27.6. The van der Waals surface area contributed by atoms with Crippen LogP contribution in [0.2, 0.25) is 0 Å². The molecule has 7 nitrogen and oxygen atoms in total.